The molecule has 136 valence electrons. The molecule has 1 aromatic rings. The fourth-order valence-corrected chi connectivity index (χ4v) is 2.62. The highest BCUT2D eigenvalue weighted by molar-refractivity contribution is 6.30. The summed E-state index contributed by atoms with van der Waals surface area (Å²) in [6.07, 6.45) is 5.15. The van der Waals surface area contributed by atoms with Gasteiger partial charge < -0.3 is 14.8 Å². The van der Waals surface area contributed by atoms with Crippen molar-refractivity contribution in [2.45, 2.75) is 38.1 Å². The number of carbonyl (C=O) groups excluding carboxylic acids is 3. The molecular weight excluding hydrogens is 348 g/mol. The van der Waals surface area contributed by atoms with Crippen molar-refractivity contribution in [1.82, 2.24) is 10.6 Å². The molecule has 1 fully saturated rings. The first kappa shape index (κ1) is 19.1. The lowest BCUT2D eigenvalue weighted by molar-refractivity contribution is -0.150. The highest BCUT2D eigenvalue weighted by Crippen LogP contribution is 2.17. The Labute approximate surface area is 151 Å². The lowest BCUT2D eigenvalue weighted by Gasteiger charge is -2.22. The molecule has 0 aliphatic heterocycles. The minimum Gasteiger partial charge on any atom is -0.482 e. The number of urea groups is 1. The molecular formula is C17H21ClN2O5. The Hall–Kier alpha value is -2.28. The van der Waals surface area contributed by atoms with E-state index < -0.39 is 24.5 Å². The van der Waals surface area contributed by atoms with Crippen molar-refractivity contribution in [2.24, 2.45) is 0 Å². The van der Waals surface area contributed by atoms with Crippen LogP contribution in [0.15, 0.2) is 24.3 Å². The zero-order valence-corrected chi connectivity index (χ0v) is 14.5. The van der Waals surface area contributed by atoms with Crippen LogP contribution in [0.2, 0.25) is 5.02 Å². The number of hydrogen-bond acceptors (Lipinski definition) is 5. The molecule has 2 N–H and O–H groups in total. The lowest BCUT2D eigenvalue weighted by atomic mass is 9.96. The quantitative estimate of drug-likeness (QED) is 0.752. The number of ether oxygens (including phenoxy) is 2. The molecule has 0 bridgehead atoms. The van der Waals surface area contributed by atoms with Gasteiger partial charge in [0, 0.05) is 11.1 Å². The monoisotopic (exact) mass is 368 g/mol. The van der Waals surface area contributed by atoms with Crippen molar-refractivity contribution in [1.29, 1.82) is 0 Å². The fraction of sp³-hybridized carbons (Fsp3) is 0.471. The van der Waals surface area contributed by atoms with E-state index in [1.54, 1.807) is 24.3 Å². The van der Waals surface area contributed by atoms with Gasteiger partial charge in [0.2, 0.25) is 0 Å². The predicted octanol–water partition coefficient (Wildman–Crippen LogP) is 2.42. The Morgan fingerprint density at radius 3 is 2.40 bits per heavy atom. The van der Waals surface area contributed by atoms with Crippen LogP contribution in [-0.2, 0) is 14.3 Å². The highest BCUT2D eigenvalue weighted by atomic mass is 35.5. The van der Waals surface area contributed by atoms with Gasteiger partial charge in [0.05, 0.1) is 0 Å². The molecule has 1 saturated carbocycles. The lowest BCUT2D eigenvalue weighted by Crippen LogP contribution is -2.46. The van der Waals surface area contributed by atoms with Crippen molar-refractivity contribution < 1.29 is 23.9 Å². The molecule has 1 aliphatic rings. The summed E-state index contributed by atoms with van der Waals surface area (Å²) in [5.41, 5.74) is 0. The van der Waals surface area contributed by atoms with Gasteiger partial charge in [0.25, 0.3) is 5.91 Å². The Morgan fingerprint density at radius 1 is 1.04 bits per heavy atom. The molecule has 1 aliphatic carbocycles. The summed E-state index contributed by atoms with van der Waals surface area (Å²) in [4.78, 5) is 34.8. The first-order valence-electron chi connectivity index (χ1n) is 8.17. The van der Waals surface area contributed by atoms with E-state index in [9.17, 15) is 14.4 Å². The van der Waals surface area contributed by atoms with E-state index in [1.807, 2.05) is 0 Å². The van der Waals surface area contributed by atoms with Gasteiger partial charge in [-0.2, -0.15) is 0 Å². The molecule has 8 heteroatoms. The molecule has 0 spiro atoms. The average Bonchev–Trinajstić information content (AvgIpc) is 2.60. The van der Waals surface area contributed by atoms with E-state index in [4.69, 9.17) is 21.1 Å². The number of benzene rings is 1. The summed E-state index contributed by atoms with van der Waals surface area (Å²) >= 11 is 5.74. The second-order valence-electron chi connectivity index (χ2n) is 5.76. The zero-order valence-electron chi connectivity index (χ0n) is 13.8. The first-order chi connectivity index (χ1) is 12.0. The molecule has 3 amide bonds. The van der Waals surface area contributed by atoms with Gasteiger partial charge in [-0.3, -0.25) is 10.1 Å². The van der Waals surface area contributed by atoms with E-state index in [0.29, 0.717) is 10.8 Å². The predicted molar refractivity (Wildman–Crippen MR) is 91.5 cm³/mol. The summed E-state index contributed by atoms with van der Waals surface area (Å²) in [5.74, 6) is -0.941. The van der Waals surface area contributed by atoms with Crippen molar-refractivity contribution in [3.8, 4) is 5.75 Å². The number of imide groups is 1. The van der Waals surface area contributed by atoms with Gasteiger partial charge in [-0.1, -0.05) is 30.9 Å². The minimum absolute atomic E-state index is 0.0943. The second-order valence-corrected chi connectivity index (χ2v) is 6.20. The van der Waals surface area contributed by atoms with Crippen LogP contribution in [0.3, 0.4) is 0 Å². The van der Waals surface area contributed by atoms with Crippen LogP contribution in [0.5, 0.6) is 5.75 Å². The first-order valence-corrected chi connectivity index (χ1v) is 8.55. The largest absolute Gasteiger partial charge is 0.482 e. The Morgan fingerprint density at radius 2 is 1.72 bits per heavy atom. The van der Waals surface area contributed by atoms with Gasteiger partial charge >= 0.3 is 12.0 Å². The molecule has 7 nitrogen and oxygen atoms in total. The molecule has 1 aromatic carbocycles. The highest BCUT2D eigenvalue weighted by Gasteiger charge is 2.17. The van der Waals surface area contributed by atoms with E-state index in [1.165, 1.54) is 6.42 Å². The van der Waals surface area contributed by atoms with Crippen LogP contribution in [0.4, 0.5) is 4.79 Å². The minimum atomic E-state index is -0.710. The van der Waals surface area contributed by atoms with Gasteiger partial charge in [-0.05, 0) is 37.1 Å². The molecule has 0 atom stereocenters. The second kappa shape index (κ2) is 9.88. The molecule has 0 heterocycles. The number of amides is 3. The Bertz CT molecular complexity index is 600. The normalized spacial score (nSPS) is 14.4. The summed E-state index contributed by atoms with van der Waals surface area (Å²) in [6, 6.07) is 6.00. The van der Waals surface area contributed by atoms with Crippen LogP contribution in [-0.4, -0.2) is 37.2 Å². The van der Waals surface area contributed by atoms with Gasteiger partial charge in [-0.15, -0.1) is 0 Å². The van der Waals surface area contributed by atoms with E-state index in [0.717, 1.165) is 25.7 Å². The summed E-state index contributed by atoms with van der Waals surface area (Å²) in [5, 5.41) is 5.44. The number of rotatable bonds is 6. The molecule has 25 heavy (non-hydrogen) atoms. The maximum atomic E-state index is 11.7. The van der Waals surface area contributed by atoms with Crippen molar-refractivity contribution in [2.75, 3.05) is 13.2 Å². The number of esters is 1. The average molecular weight is 369 g/mol. The molecule has 2 rings (SSSR count). The van der Waals surface area contributed by atoms with Crippen LogP contribution in [0, 0.1) is 0 Å². The molecule has 0 saturated heterocycles. The van der Waals surface area contributed by atoms with Crippen LogP contribution >= 0.6 is 11.6 Å². The Kier molecular flexibility index (Phi) is 7.53. The third kappa shape index (κ3) is 7.43. The SMILES string of the molecule is O=C(COC(=O)COc1ccc(Cl)cc1)NC(=O)NC1CCCCC1. The Balaban J connectivity index is 1.60. The third-order valence-electron chi connectivity index (χ3n) is 3.73. The summed E-state index contributed by atoms with van der Waals surface area (Å²) < 4.78 is 9.95. The standard InChI is InChI=1S/C17H21ClN2O5/c18-12-6-8-14(9-7-12)24-11-16(22)25-10-15(21)20-17(23)19-13-4-2-1-3-5-13/h6-9,13H,1-5,10-11H2,(H2,19,20,21,23). The summed E-state index contributed by atoms with van der Waals surface area (Å²) in [7, 11) is 0. The molecule has 0 unspecified atom stereocenters. The van der Waals surface area contributed by atoms with Gasteiger partial charge in [0.1, 0.15) is 5.75 Å². The van der Waals surface area contributed by atoms with Gasteiger partial charge in [-0.25, -0.2) is 9.59 Å². The molecule has 0 radical (unpaired) electrons. The molecule has 0 aromatic heterocycles. The number of nitrogens with one attached hydrogen (secondary N) is 2. The van der Waals surface area contributed by atoms with E-state index in [-0.39, 0.29) is 12.6 Å². The maximum Gasteiger partial charge on any atom is 0.344 e. The van der Waals surface area contributed by atoms with Crippen LogP contribution in [0.25, 0.3) is 0 Å². The maximum absolute atomic E-state index is 11.7. The van der Waals surface area contributed by atoms with E-state index in [2.05, 4.69) is 10.6 Å². The third-order valence-corrected chi connectivity index (χ3v) is 3.98. The number of hydrogen-bond donors (Lipinski definition) is 2. The summed E-state index contributed by atoms with van der Waals surface area (Å²) in [6.45, 7) is -0.885. The number of halogens is 1. The smallest absolute Gasteiger partial charge is 0.344 e. The van der Waals surface area contributed by atoms with Crippen molar-refractivity contribution in [3.63, 3.8) is 0 Å². The topological polar surface area (TPSA) is 93.7 Å². The van der Waals surface area contributed by atoms with Crippen molar-refractivity contribution in [3.05, 3.63) is 29.3 Å². The fourth-order valence-electron chi connectivity index (χ4n) is 2.49. The van der Waals surface area contributed by atoms with E-state index >= 15 is 0 Å². The van der Waals surface area contributed by atoms with Crippen LogP contribution in [0.1, 0.15) is 32.1 Å². The van der Waals surface area contributed by atoms with Crippen molar-refractivity contribution >= 4 is 29.5 Å². The zero-order chi connectivity index (χ0) is 18.1. The number of carbonyl (C=O) groups is 3. The van der Waals surface area contributed by atoms with Crippen LogP contribution < -0.4 is 15.4 Å². The van der Waals surface area contributed by atoms with Gasteiger partial charge in [0.15, 0.2) is 13.2 Å².